The maximum Gasteiger partial charge on any atom is 0.0706 e. The first-order valence-corrected chi connectivity index (χ1v) is 7.21. The molecule has 3 rings (SSSR count). The van der Waals surface area contributed by atoms with Crippen LogP contribution in [0.25, 0.3) is 11.3 Å². The molecule has 19 heavy (non-hydrogen) atoms. The topological polar surface area (TPSA) is 53.1 Å². The Labute approximate surface area is 120 Å². The average molecular weight is 322 g/mol. The van der Waals surface area contributed by atoms with Gasteiger partial charge in [-0.1, -0.05) is 15.9 Å². The lowest BCUT2D eigenvalue weighted by Crippen LogP contribution is -2.21. The number of nitrogens with two attached hydrogens (primary N) is 1. The Morgan fingerprint density at radius 3 is 2.79 bits per heavy atom. The quantitative estimate of drug-likeness (QED) is 0.864. The molecule has 1 aromatic heterocycles. The number of aromatic nitrogens is 2. The number of benzene rings is 1. The van der Waals surface area contributed by atoms with E-state index in [-0.39, 0.29) is 0 Å². The van der Waals surface area contributed by atoms with Crippen molar-refractivity contribution in [1.29, 1.82) is 0 Å². The summed E-state index contributed by atoms with van der Waals surface area (Å²) in [7, 11) is 0. The zero-order chi connectivity index (χ0) is 13.2. The van der Waals surface area contributed by atoms with Crippen LogP contribution in [0.4, 0.5) is 5.69 Å². The Balaban J connectivity index is 1.99. The number of rotatable bonds is 2. The molecular weight excluding hydrogens is 306 g/mol. The highest BCUT2D eigenvalue weighted by atomic mass is 79.9. The van der Waals surface area contributed by atoms with Crippen molar-refractivity contribution < 1.29 is 4.74 Å². The molecule has 0 saturated carbocycles. The highest BCUT2D eigenvalue weighted by Gasteiger charge is 2.20. The van der Waals surface area contributed by atoms with Crippen molar-refractivity contribution in [3.05, 3.63) is 34.9 Å². The molecule has 1 saturated heterocycles. The SMILES string of the molecule is Nc1cc(Br)ccc1-c1ccnn1C1CCOCC1. The molecule has 0 bridgehead atoms. The lowest BCUT2D eigenvalue weighted by Gasteiger charge is -2.24. The summed E-state index contributed by atoms with van der Waals surface area (Å²) >= 11 is 3.44. The van der Waals surface area contributed by atoms with Gasteiger partial charge in [0.2, 0.25) is 0 Å². The van der Waals surface area contributed by atoms with Gasteiger partial charge in [0.15, 0.2) is 0 Å². The van der Waals surface area contributed by atoms with E-state index in [0.717, 1.165) is 47.5 Å². The molecule has 1 aliphatic rings. The molecule has 0 atom stereocenters. The van der Waals surface area contributed by atoms with Crippen molar-refractivity contribution in [1.82, 2.24) is 9.78 Å². The summed E-state index contributed by atoms with van der Waals surface area (Å²) in [5.41, 5.74) is 9.00. The fourth-order valence-electron chi connectivity index (χ4n) is 2.52. The Kier molecular flexibility index (Phi) is 3.57. The van der Waals surface area contributed by atoms with E-state index in [0.29, 0.717) is 6.04 Å². The van der Waals surface area contributed by atoms with Crippen LogP contribution in [0.5, 0.6) is 0 Å². The number of halogens is 1. The van der Waals surface area contributed by atoms with Crippen LogP contribution in [-0.4, -0.2) is 23.0 Å². The molecule has 2 N–H and O–H groups in total. The van der Waals surface area contributed by atoms with E-state index in [1.54, 1.807) is 0 Å². The second-order valence-electron chi connectivity index (χ2n) is 4.74. The van der Waals surface area contributed by atoms with E-state index in [2.05, 4.69) is 25.7 Å². The van der Waals surface area contributed by atoms with Gasteiger partial charge in [-0.05, 0) is 37.1 Å². The van der Waals surface area contributed by atoms with E-state index >= 15 is 0 Å². The minimum absolute atomic E-state index is 0.404. The molecule has 0 unspecified atom stereocenters. The summed E-state index contributed by atoms with van der Waals surface area (Å²) in [6.07, 6.45) is 3.85. The number of anilines is 1. The van der Waals surface area contributed by atoms with Gasteiger partial charge in [-0.25, -0.2) is 0 Å². The Hall–Kier alpha value is -1.33. The fraction of sp³-hybridized carbons (Fsp3) is 0.357. The van der Waals surface area contributed by atoms with Gasteiger partial charge >= 0.3 is 0 Å². The van der Waals surface area contributed by atoms with E-state index in [1.807, 2.05) is 30.5 Å². The smallest absolute Gasteiger partial charge is 0.0706 e. The Morgan fingerprint density at radius 1 is 1.26 bits per heavy atom. The van der Waals surface area contributed by atoms with Crippen LogP contribution in [-0.2, 0) is 4.74 Å². The third-order valence-electron chi connectivity index (χ3n) is 3.50. The highest BCUT2D eigenvalue weighted by Crippen LogP contribution is 2.32. The monoisotopic (exact) mass is 321 g/mol. The second-order valence-corrected chi connectivity index (χ2v) is 5.65. The molecule has 0 spiro atoms. The minimum Gasteiger partial charge on any atom is -0.398 e. The van der Waals surface area contributed by atoms with Crippen LogP contribution in [0.1, 0.15) is 18.9 Å². The fourth-order valence-corrected chi connectivity index (χ4v) is 2.89. The van der Waals surface area contributed by atoms with Gasteiger partial charge in [0.25, 0.3) is 0 Å². The number of nitrogens with zero attached hydrogens (tertiary/aromatic N) is 2. The molecule has 1 aromatic carbocycles. The van der Waals surface area contributed by atoms with Crippen LogP contribution in [0.3, 0.4) is 0 Å². The first kappa shape index (κ1) is 12.7. The highest BCUT2D eigenvalue weighted by molar-refractivity contribution is 9.10. The van der Waals surface area contributed by atoms with Crippen molar-refractivity contribution in [2.45, 2.75) is 18.9 Å². The first-order valence-electron chi connectivity index (χ1n) is 6.42. The molecule has 2 heterocycles. The summed E-state index contributed by atoms with van der Waals surface area (Å²) < 4.78 is 8.49. The second kappa shape index (κ2) is 5.35. The summed E-state index contributed by atoms with van der Waals surface area (Å²) in [4.78, 5) is 0. The molecule has 100 valence electrons. The molecule has 4 nitrogen and oxygen atoms in total. The maximum atomic E-state index is 6.12. The van der Waals surface area contributed by atoms with Crippen LogP contribution in [0.15, 0.2) is 34.9 Å². The molecule has 2 aromatic rings. The van der Waals surface area contributed by atoms with Crippen molar-refractivity contribution in [3.8, 4) is 11.3 Å². The molecule has 1 fully saturated rings. The molecule has 5 heteroatoms. The number of hydrogen-bond donors (Lipinski definition) is 1. The third kappa shape index (κ3) is 2.53. The number of ether oxygens (including phenoxy) is 1. The van der Waals surface area contributed by atoms with Crippen molar-refractivity contribution in [2.75, 3.05) is 18.9 Å². The largest absolute Gasteiger partial charge is 0.398 e. The van der Waals surface area contributed by atoms with E-state index in [1.165, 1.54) is 0 Å². The Bertz CT molecular complexity index is 576. The van der Waals surface area contributed by atoms with Gasteiger partial charge in [0, 0.05) is 35.1 Å². The molecule has 0 radical (unpaired) electrons. The van der Waals surface area contributed by atoms with E-state index in [9.17, 15) is 0 Å². The van der Waals surface area contributed by atoms with Crippen LogP contribution in [0, 0.1) is 0 Å². The van der Waals surface area contributed by atoms with Crippen molar-refractivity contribution >= 4 is 21.6 Å². The van der Waals surface area contributed by atoms with Gasteiger partial charge in [-0.3, -0.25) is 4.68 Å². The number of nitrogen functional groups attached to an aromatic ring is 1. The minimum atomic E-state index is 0.404. The molecule has 0 aliphatic carbocycles. The summed E-state index contributed by atoms with van der Waals surface area (Å²) in [5.74, 6) is 0. The summed E-state index contributed by atoms with van der Waals surface area (Å²) in [6.45, 7) is 1.61. The molecule has 0 amide bonds. The first-order chi connectivity index (χ1) is 9.25. The summed E-state index contributed by atoms with van der Waals surface area (Å²) in [5, 5.41) is 4.47. The van der Waals surface area contributed by atoms with E-state index < -0.39 is 0 Å². The van der Waals surface area contributed by atoms with Crippen LogP contribution in [0.2, 0.25) is 0 Å². The van der Waals surface area contributed by atoms with Gasteiger partial charge in [0.1, 0.15) is 0 Å². The van der Waals surface area contributed by atoms with Gasteiger partial charge in [-0.2, -0.15) is 5.10 Å². The van der Waals surface area contributed by atoms with Crippen molar-refractivity contribution in [2.24, 2.45) is 0 Å². The van der Waals surface area contributed by atoms with Crippen LogP contribution >= 0.6 is 15.9 Å². The number of hydrogen-bond acceptors (Lipinski definition) is 3. The summed E-state index contributed by atoms with van der Waals surface area (Å²) in [6, 6.07) is 8.40. The normalized spacial score (nSPS) is 16.7. The molecule has 1 aliphatic heterocycles. The van der Waals surface area contributed by atoms with Gasteiger partial charge < -0.3 is 10.5 Å². The predicted octanol–water partition coefficient (Wildman–Crippen LogP) is 3.25. The average Bonchev–Trinajstić information content (AvgIpc) is 2.89. The predicted molar refractivity (Wildman–Crippen MR) is 78.9 cm³/mol. The lowest BCUT2D eigenvalue weighted by atomic mass is 10.1. The Morgan fingerprint density at radius 2 is 2.05 bits per heavy atom. The van der Waals surface area contributed by atoms with Gasteiger partial charge in [0.05, 0.1) is 11.7 Å². The molecular formula is C14H16BrN3O. The maximum absolute atomic E-state index is 6.12. The van der Waals surface area contributed by atoms with Crippen molar-refractivity contribution in [3.63, 3.8) is 0 Å². The van der Waals surface area contributed by atoms with E-state index in [4.69, 9.17) is 10.5 Å². The zero-order valence-electron chi connectivity index (χ0n) is 10.6. The standard InChI is InChI=1S/C14H16BrN3O/c15-10-1-2-12(13(16)9-10)14-3-6-17-18(14)11-4-7-19-8-5-11/h1-3,6,9,11H,4-5,7-8,16H2. The lowest BCUT2D eigenvalue weighted by molar-refractivity contribution is 0.0667. The van der Waals surface area contributed by atoms with Crippen LogP contribution < -0.4 is 5.73 Å². The van der Waals surface area contributed by atoms with Gasteiger partial charge in [-0.15, -0.1) is 0 Å². The third-order valence-corrected chi connectivity index (χ3v) is 3.99. The zero-order valence-corrected chi connectivity index (χ0v) is 12.1.